The zero-order valence-electron chi connectivity index (χ0n) is 10.6. The number of rotatable bonds is 4. The van der Waals surface area contributed by atoms with Gasteiger partial charge in [-0.25, -0.2) is 0 Å². The molecule has 1 fully saturated rings. The SMILES string of the molecule is CN(C)CC[N+]1([O-])CC(Cl)(Cl)C1c1ccccc1. The molecular formula is C13H18Cl2N2O. The fourth-order valence-electron chi connectivity index (χ4n) is 2.49. The van der Waals surface area contributed by atoms with Crippen LogP contribution in [0.3, 0.4) is 0 Å². The average molecular weight is 289 g/mol. The lowest BCUT2D eigenvalue weighted by Gasteiger charge is -2.62. The van der Waals surface area contributed by atoms with Crippen LogP contribution in [0.15, 0.2) is 30.3 Å². The van der Waals surface area contributed by atoms with Gasteiger partial charge >= 0.3 is 0 Å². The minimum absolute atomic E-state index is 0.253. The van der Waals surface area contributed by atoms with Crippen LogP contribution in [0.5, 0.6) is 0 Å². The molecule has 0 aliphatic carbocycles. The van der Waals surface area contributed by atoms with Gasteiger partial charge in [-0.1, -0.05) is 53.5 Å². The fourth-order valence-corrected chi connectivity index (χ4v) is 3.51. The van der Waals surface area contributed by atoms with E-state index in [9.17, 15) is 5.21 Å². The second kappa shape index (κ2) is 4.99. The Labute approximate surface area is 118 Å². The van der Waals surface area contributed by atoms with Crippen molar-refractivity contribution < 1.29 is 4.65 Å². The van der Waals surface area contributed by atoms with E-state index >= 15 is 0 Å². The monoisotopic (exact) mass is 288 g/mol. The summed E-state index contributed by atoms with van der Waals surface area (Å²) in [4.78, 5) is 2.00. The molecule has 2 atom stereocenters. The Bertz CT molecular complexity index is 411. The van der Waals surface area contributed by atoms with Crippen molar-refractivity contribution in [3.63, 3.8) is 0 Å². The highest BCUT2D eigenvalue weighted by molar-refractivity contribution is 6.49. The number of hydroxylamine groups is 3. The van der Waals surface area contributed by atoms with E-state index in [0.29, 0.717) is 6.54 Å². The van der Waals surface area contributed by atoms with Crippen molar-refractivity contribution >= 4 is 23.2 Å². The number of hydrogen-bond donors (Lipinski definition) is 0. The van der Waals surface area contributed by atoms with Gasteiger partial charge in [0, 0.05) is 12.1 Å². The van der Waals surface area contributed by atoms with Gasteiger partial charge in [0.2, 0.25) is 4.33 Å². The maximum atomic E-state index is 12.8. The molecule has 5 heteroatoms. The van der Waals surface area contributed by atoms with Crippen molar-refractivity contribution in [2.75, 3.05) is 33.7 Å². The molecule has 0 spiro atoms. The topological polar surface area (TPSA) is 26.3 Å². The predicted octanol–water partition coefficient (Wildman–Crippen LogP) is 2.79. The van der Waals surface area contributed by atoms with Gasteiger partial charge in [-0.2, -0.15) is 0 Å². The number of nitrogens with zero attached hydrogens (tertiary/aromatic N) is 2. The standard InChI is InChI=1S/C13H18Cl2N2O/c1-16(2)8-9-17(18)10-13(14,15)12(17)11-6-4-3-5-7-11/h3-7,12H,8-10H2,1-2H3. The third-order valence-electron chi connectivity index (χ3n) is 3.39. The van der Waals surface area contributed by atoms with Gasteiger partial charge in [0.15, 0.2) is 6.04 Å². The zero-order chi connectivity index (χ0) is 13.4. The highest BCUT2D eigenvalue weighted by Gasteiger charge is 2.60. The molecule has 0 aromatic heterocycles. The number of likely N-dealkylation sites (tertiary alicyclic amines) is 1. The Morgan fingerprint density at radius 2 is 1.94 bits per heavy atom. The smallest absolute Gasteiger partial charge is 0.222 e. The molecule has 1 aromatic carbocycles. The van der Waals surface area contributed by atoms with Crippen molar-refractivity contribution in [2.24, 2.45) is 0 Å². The Hall–Kier alpha value is -0.320. The molecule has 0 N–H and O–H groups in total. The van der Waals surface area contributed by atoms with Gasteiger partial charge in [0.1, 0.15) is 6.54 Å². The number of likely N-dealkylation sites (N-methyl/N-ethyl adjacent to an activating group) is 1. The van der Waals surface area contributed by atoms with Crippen molar-refractivity contribution in [3.05, 3.63) is 41.1 Å². The summed E-state index contributed by atoms with van der Waals surface area (Å²) in [6.45, 7) is 1.49. The molecule has 0 amide bonds. The molecule has 2 unspecified atom stereocenters. The van der Waals surface area contributed by atoms with Gasteiger partial charge in [0.25, 0.3) is 0 Å². The lowest BCUT2D eigenvalue weighted by atomic mass is 9.92. The summed E-state index contributed by atoms with van der Waals surface area (Å²) in [6, 6.07) is 9.20. The first kappa shape index (κ1) is 14.1. The van der Waals surface area contributed by atoms with Crippen LogP contribution >= 0.6 is 23.2 Å². The van der Waals surface area contributed by atoms with E-state index in [2.05, 4.69) is 0 Å². The van der Waals surface area contributed by atoms with Gasteiger partial charge in [0.05, 0.1) is 6.54 Å². The van der Waals surface area contributed by atoms with E-state index in [-0.39, 0.29) is 17.2 Å². The highest BCUT2D eigenvalue weighted by atomic mass is 35.5. The molecule has 1 aliphatic heterocycles. The minimum Gasteiger partial charge on any atom is -0.632 e. The van der Waals surface area contributed by atoms with E-state index in [0.717, 1.165) is 12.1 Å². The van der Waals surface area contributed by atoms with Gasteiger partial charge in [-0.05, 0) is 14.1 Å². The number of hydrogen-bond acceptors (Lipinski definition) is 2. The first-order chi connectivity index (χ1) is 8.35. The summed E-state index contributed by atoms with van der Waals surface area (Å²) in [5, 5.41) is 12.8. The first-order valence-electron chi connectivity index (χ1n) is 6.00. The van der Waals surface area contributed by atoms with Crippen LogP contribution in [0.2, 0.25) is 0 Å². The van der Waals surface area contributed by atoms with E-state index in [4.69, 9.17) is 23.2 Å². The summed E-state index contributed by atoms with van der Waals surface area (Å²) < 4.78 is -1.29. The van der Waals surface area contributed by atoms with E-state index in [1.165, 1.54) is 0 Å². The Morgan fingerprint density at radius 3 is 2.44 bits per heavy atom. The quantitative estimate of drug-likeness (QED) is 0.484. The Balaban J connectivity index is 2.19. The largest absolute Gasteiger partial charge is 0.632 e. The summed E-state index contributed by atoms with van der Waals surface area (Å²) >= 11 is 12.5. The van der Waals surface area contributed by atoms with Crippen LogP contribution in [0.1, 0.15) is 11.6 Å². The van der Waals surface area contributed by atoms with Crippen molar-refractivity contribution in [1.82, 2.24) is 4.90 Å². The maximum Gasteiger partial charge on any atom is 0.222 e. The normalized spacial score (nSPS) is 30.2. The maximum absolute atomic E-state index is 12.8. The third-order valence-corrected chi connectivity index (χ3v) is 4.04. The zero-order valence-corrected chi connectivity index (χ0v) is 12.2. The van der Waals surface area contributed by atoms with E-state index in [1.807, 2.05) is 49.3 Å². The van der Waals surface area contributed by atoms with Crippen LogP contribution in [0.25, 0.3) is 0 Å². The van der Waals surface area contributed by atoms with Crippen LogP contribution in [-0.4, -0.2) is 47.6 Å². The lowest BCUT2D eigenvalue weighted by molar-refractivity contribution is -0.954. The molecular weight excluding hydrogens is 271 g/mol. The van der Waals surface area contributed by atoms with Crippen molar-refractivity contribution in [2.45, 2.75) is 10.4 Å². The fraction of sp³-hybridized carbons (Fsp3) is 0.538. The van der Waals surface area contributed by atoms with Crippen LogP contribution in [0.4, 0.5) is 0 Å². The molecule has 0 saturated carbocycles. The number of quaternary nitrogens is 1. The van der Waals surface area contributed by atoms with Gasteiger partial charge in [-0.3, -0.25) is 0 Å². The molecule has 18 heavy (non-hydrogen) atoms. The van der Waals surface area contributed by atoms with Crippen molar-refractivity contribution in [1.29, 1.82) is 0 Å². The first-order valence-corrected chi connectivity index (χ1v) is 6.76. The molecule has 0 bridgehead atoms. The predicted molar refractivity (Wildman–Crippen MR) is 75.5 cm³/mol. The van der Waals surface area contributed by atoms with Crippen LogP contribution < -0.4 is 0 Å². The summed E-state index contributed by atoms with van der Waals surface area (Å²) in [5.74, 6) is 0. The van der Waals surface area contributed by atoms with Crippen LogP contribution in [0, 0.1) is 5.21 Å². The number of benzene rings is 1. The summed E-state index contributed by atoms with van der Waals surface area (Å²) in [5.41, 5.74) is 0.919. The molecule has 100 valence electrons. The third kappa shape index (κ3) is 2.65. The second-order valence-corrected chi connectivity index (χ2v) is 6.75. The Kier molecular flexibility index (Phi) is 3.90. The van der Waals surface area contributed by atoms with E-state index in [1.54, 1.807) is 0 Å². The molecule has 1 aliphatic rings. The number of halogens is 2. The number of alkyl halides is 2. The molecule has 1 saturated heterocycles. The van der Waals surface area contributed by atoms with Gasteiger partial charge in [-0.15, -0.1) is 0 Å². The highest BCUT2D eigenvalue weighted by Crippen LogP contribution is 2.54. The minimum atomic E-state index is -0.949. The summed E-state index contributed by atoms with van der Waals surface area (Å²) in [6.07, 6.45) is 0. The molecule has 3 nitrogen and oxygen atoms in total. The van der Waals surface area contributed by atoms with E-state index < -0.39 is 4.33 Å². The molecule has 0 radical (unpaired) electrons. The molecule has 2 rings (SSSR count). The molecule has 1 aromatic rings. The summed E-state index contributed by atoms with van der Waals surface area (Å²) in [7, 11) is 3.91. The van der Waals surface area contributed by atoms with Gasteiger partial charge < -0.3 is 14.8 Å². The second-order valence-electron chi connectivity index (χ2n) is 5.21. The Morgan fingerprint density at radius 1 is 1.33 bits per heavy atom. The average Bonchev–Trinajstić information content (AvgIpc) is 2.26. The lowest BCUT2D eigenvalue weighted by Crippen LogP contribution is -2.68. The van der Waals surface area contributed by atoms with Crippen LogP contribution in [-0.2, 0) is 0 Å². The molecule has 1 heterocycles. The van der Waals surface area contributed by atoms with Crippen molar-refractivity contribution in [3.8, 4) is 0 Å².